The van der Waals surface area contributed by atoms with Gasteiger partial charge in [0.2, 0.25) is 0 Å². The summed E-state index contributed by atoms with van der Waals surface area (Å²) in [5, 5.41) is 0. The lowest BCUT2D eigenvalue weighted by Crippen LogP contribution is -2.09. The number of ether oxygens (including phenoxy) is 1. The number of aryl methyl sites for hydroxylation is 1. The van der Waals surface area contributed by atoms with Crippen molar-refractivity contribution in [3.63, 3.8) is 0 Å². The van der Waals surface area contributed by atoms with Crippen LogP contribution in [0.1, 0.15) is 51.5 Å². The molecule has 0 bridgehead atoms. The van der Waals surface area contributed by atoms with Crippen molar-refractivity contribution < 1.29 is 9.53 Å². The van der Waals surface area contributed by atoms with Crippen LogP contribution < -0.4 is 4.74 Å². The average Bonchev–Trinajstić information content (AvgIpc) is 3.09. The summed E-state index contributed by atoms with van der Waals surface area (Å²) in [6.45, 7) is 4.48. The van der Waals surface area contributed by atoms with Gasteiger partial charge in [-0.05, 0) is 55.2 Å². The minimum atomic E-state index is 0.398. The fourth-order valence-electron chi connectivity index (χ4n) is 3.39. The molecule has 130 valence electrons. The van der Waals surface area contributed by atoms with E-state index >= 15 is 0 Å². The van der Waals surface area contributed by atoms with E-state index < -0.39 is 0 Å². The van der Waals surface area contributed by atoms with E-state index in [0.29, 0.717) is 30.5 Å². The van der Waals surface area contributed by atoms with Crippen molar-refractivity contribution in [1.29, 1.82) is 0 Å². The van der Waals surface area contributed by atoms with Crippen molar-refractivity contribution in [2.75, 3.05) is 7.11 Å². The topological polar surface area (TPSA) is 26.3 Å². The van der Waals surface area contributed by atoms with Crippen LogP contribution in [0.4, 0.5) is 0 Å². The van der Waals surface area contributed by atoms with Crippen LogP contribution in [0.5, 0.6) is 5.75 Å². The van der Waals surface area contributed by atoms with Crippen molar-refractivity contribution in [3.8, 4) is 5.75 Å². The summed E-state index contributed by atoms with van der Waals surface area (Å²) in [6.07, 6.45) is 12.1. The molecule has 0 aliphatic heterocycles. The van der Waals surface area contributed by atoms with Gasteiger partial charge in [-0.3, -0.25) is 4.79 Å². The summed E-state index contributed by atoms with van der Waals surface area (Å²) in [4.78, 5) is 12.1. The number of Topliss-reactive ketones (excluding diaryl/α,β-unsaturated/α-hetero) is 1. The highest BCUT2D eigenvalue weighted by atomic mass is 16.5. The molecule has 0 heterocycles. The number of carbonyl (C=O) groups is 1. The van der Waals surface area contributed by atoms with E-state index in [9.17, 15) is 4.79 Å². The third kappa shape index (κ3) is 5.36. The molecule has 2 unspecified atom stereocenters. The van der Waals surface area contributed by atoms with E-state index in [1.54, 1.807) is 7.11 Å². The highest BCUT2D eigenvalue weighted by Crippen LogP contribution is 2.31. The van der Waals surface area contributed by atoms with Crippen LogP contribution >= 0.6 is 0 Å². The molecule has 0 aromatic heterocycles. The molecule has 0 spiro atoms. The van der Waals surface area contributed by atoms with E-state index in [1.807, 2.05) is 12.1 Å². The van der Waals surface area contributed by atoms with Crippen LogP contribution in [-0.2, 0) is 11.2 Å². The Morgan fingerprint density at radius 2 is 1.96 bits per heavy atom. The van der Waals surface area contributed by atoms with Gasteiger partial charge in [-0.1, -0.05) is 49.8 Å². The molecule has 0 saturated heterocycles. The van der Waals surface area contributed by atoms with E-state index in [1.165, 1.54) is 11.1 Å². The Morgan fingerprint density at radius 1 is 1.21 bits per heavy atom. The number of hydrogen-bond donors (Lipinski definition) is 0. The highest BCUT2D eigenvalue weighted by molar-refractivity contribution is 5.78. The third-order valence-electron chi connectivity index (χ3n) is 5.01. The van der Waals surface area contributed by atoms with Crippen LogP contribution in [0, 0.1) is 11.8 Å². The van der Waals surface area contributed by atoms with E-state index in [-0.39, 0.29) is 0 Å². The molecule has 2 atom stereocenters. The first-order valence-corrected chi connectivity index (χ1v) is 9.17. The Morgan fingerprint density at radius 3 is 2.62 bits per heavy atom. The normalized spacial score (nSPS) is 17.6. The lowest BCUT2D eigenvalue weighted by Gasteiger charge is -2.18. The van der Waals surface area contributed by atoms with Gasteiger partial charge < -0.3 is 4.74 Å². The summed E-state index contributed by atoms with van der Waals surface area (Å²) < 4.78 is 5.16. The maximum absolute atomic E-state index is 12.1. The third-order valence-corrected chi connectivity index (χ3v) is 5.01. The van der Waals surface area contributed by atoms with Gasteiger partial charge in [-0.25, -0.2) is 0 Å². The van der Waals surface area contributed by atoms with E-state index in [0.717, 1.165) is 31.4 Å². The molecule has 2 nitrogen and oxygen atoms in total. The zero-order valence-corrected chi connectivity index (χ0v) is 15.3. The monoisotopic (exact) mass is 326 g/mol. The Bertz CT molecular complexity index is 580. The fourth-order valence-corrected chi connectivity index (χ4v) is 3.39. The lowest BCUT2D eigenvalue weighted by atomic mass is 9.86. The lowest BCUT2D eigenvalue weighted by molar-refractivity contribution is -0.119. The van der Waals surface area contributed by atoms with Gasteiger partial charge in [-0.2, -0.15) is 0 Å². The van der Waals surface area contributed by atoms with Gasteiger partial charge in [0.1, 0.15) is 11.5 Å². The molecular formula is C22H30O2. The van der Waals surface area contributed by atoms with Gasteiger partial charge in [0.25, 0.3) is 0 Å². The van der Waals surface area contributed by atoms with Crippen molar-refractivity contribution in [3.05, 3.63) is 53.6 Å². The molecule has 0 fully saturated rings. The number of ketones is 1. The molecule has 1 aromatic rings. The van der Waals surface area contributed by atoms with E-state index in [2.05, 4.69) is 44.2 Å². The van der Waals surface area contributed by atoms with Gasteiger partial charge >= 0.3 is 0 Å². The number of rotatable bonds is 10. The first kappa shape index (κ1) is 18.5. The summed E-state index contributed by atoms with van der Waals surface area (Å²) in [7, 11) is 1.68. The van der Waals surface area contributed by atoms with Gasteiger partial charge in [0.15, 0.2) is 0 Å². The van der Waals surface area contributed by atoms with Gasteiger partial charge in [0, 0.05) is 12.8 Å². The van der Waals surface area contributed by atoms with Crippen molar-refractivity contribution in [2.45, 2.75) is 52.4 Å². The Balaban J connectivity index is 1.66. The van der Waals surface area contributed by atoms with E-state index in [4.69, 9.17) is 4.74 Å². The zero-order valence-electron chi connectivity index (χ0n) is 15.3. The average molecular weight is 326 g/mol. The molecule has 1 aliphatic carbocycles. The molecule has 2 rings (SSSR count). The van der Waals surface area contributed by atoms with Crippen LogP contribution in [0.2, 0.25) is 0 Å². The van der Waals surface area contributed by atoms with Crippen LogP contribution in [0.3, 0.4) is 0 Å². The summed E-state index contributed by atoms with van der Waals surface area (Å²) in [6, 6.07) is 8.12. The standard InChI is InChI=1S/C22H30O2/c1-4-19-8-6-10-22(19)17(2)11-14-20(23)9-5-7-18-12-15-21(24-3)16-13-18/h6,8,10,12-13,15-17,19H,4-5,7,9,11,14H2,1-3H3. The SMILES string of the molecule is CCC1C=CC=C1C(C)CCC(=O)CCCc1ccc(OC)cc1. The first-order chi connectivity index (χ1) is 11.6. The second-order valence-electron chi connectivity index (χ2n) is 6.75. The summed E-state index contributed by atoms with van der Waals surface area (Å²) >= 11 is 0. The minimum absolute atomic E-state index is 0.398. The number of carbonyl (C=O) groups excluding carboxylic acids is 1. The quantitative estimate of drug-likeness (QED) is 0.565. The van der Waals surface area contributed by atoms with Crippen LogP contribution in [0.25, 0.3) is 0 Å². The minimum Gasteiger partial charge on any atom is -0.497 e. The molecule has 0 radical (unpaired) electrons. The van der Waals surface area contributed by atoms with Crippen LogP contribution in [0.15, 0.2) is 48.1 Å². The molecular weight excluding hydrogens is 296 g/mol. The van der Waals surface area contributed by atoms with Crippen molar-refractivity contribution in [2.24, 2.45) is 11.8 Å². The van der Waals surface area contributed by atoms with Gasteiger partial charge in [-0.15, -0.1) is 0 Å². The second-order valence-corrected chi connectivity index (χ2v) is 6.75. The smallest absolute Gasteiger partial charge is 0.132 e. The Kier molecular flexibility index (Phi) is 7.30. The molecule has 1 aliphatic rings. The maximum atomic E-state index is 12.1. The first-order valence-electron chi connectivity index (χ1n) is 9.17. The molecule has 24 heavy (non-hydrogen) atoms. The number of hydrogen-bond acceptors (Lipinski definition) is 2. The largest absolute Gasteiger partial charge is 0.497 e. The zero-order chi connectivity index (χ0) is 17.4. The predicted octanol–water partition coefficient (Wildman–Crippen LogP) is 5.53. The summed E-state index contributed by atoms with van der Waals surface area (Å²) in [5.74, 6) is 2.38. The molecule has 0 amide bonds. The highest BCUT2D eigenvalue weighted by Gasteiger charge is 2.19. The number of allylic oxidation sites excluding steroid dienone is 4. The van der Waals surface area contributed by atoms with Gasteiger partial charge in [0.05, 0.1) is 7.11 Å². The van der Waals surface area contributed by atoms with Crippen molar-refractivity contribution >= 4 is 5.78 Å². The molecule has 0 N–H and O–H groups in total. The molecule has 1 aromatic carbocycles. The predicted molar refractivity (Wildman–Crippen MR) is 100 cm³/mol. The Labute approximate surface area is 146 Å². The number of benzene rings is 1. The fraction of sp³-hybridized carbons (Fsp3) is 0.500. The number of methoxy groups -OCH3 is 1. The Hall–Kier alpha value is -1.83. The maximum Gasteiger partial charge on any atom is 0.132 e. The molecule has 2 heteroatoms. The van der Waals surface area contributed by atoms with Crippen LogP contribution in [-0.4, -0.2) is 12.9 Å². The second kappa shape index (κ2) is 9.46. The molecule has 0 saturated carbocycles. The van der Waals surface area contributed by atoms with Crippen molar-refractivity contribution in [1.82, 2.24) is 0 Å². The summed E-state index contributed by atoms with van der Waals surface area (Å²) in [5.41, 5.74) is 2.77.